The summed E-state index contributed by atoms with van der Waals surface area (Å²) in [7, 11) is 1.77. The summed E-state index contributed by atoms with van der Waals surface area (Å²) in [6, 6.07) is 12.5. The van der Waals surface area contributed by atoms with Crippen molar-refractivity contribution in [3.05, 3.63) is 35.9 Å². The summed E-state index contributed by atoms with van der Waals surface area (Å²) in [6.45, 7) is 2.06. The lowest BCUT2D eigenvalue weighted by Crippen LogP contribution is -2.50. The van der Waals surface area contributed by atoms with E-state index in [2.05, 4.69) is 24.0 Å². The lowest BCUT2D eigenvalue weighted by molar-refractivity contribution is -0.131. The van der Waals surface area contributed by atoms with Crippen molar-refractivity contribution >= 4 is 28.6 Å². The highest BCUT2D eigenvalue weighted by atomic mass is 32.2. The highest BCUT2D eigenvalue weighted by molar-refractivity contribution is 7.99. The number of fused-ring (bicyclic) bond motifs is 1. The number of carbonyl (C=O) groups excluding carboxylic acids is 1. The van der Waals surface area contributed by atoms with Crippen molar-refractivity contribution in [2.75, 3.05) is 12.8 Å². The summed E-state index contributed by atoms with van der Waals surface area (Å²) in [4.78, 5) is 19.0. The van der Waals surface area contributed by atoms with Gasteiger partial charge in [0.25, 0.3) is 0 Å². The molecule has 1 aliphatic rings. The molecule has 0 saturated heterocycles. The van der Waals surface area contributed by atoms with Gasteiger partial charge in [-0.05, 0) is 37.5 Å². The van der Waals surface area contributed by atoms with Gasteiger partial charge in [-0.15, -0.1) is 0 Å². The average molecular weight is 353 g/mol. The molecule has 1 amide bonds. The van der Waals surface area contributed by atoms with Crippen LogP contribution in [0.2, 0.25) is 0 Å². The minimum atomic E-state index is -0.622. The molecule has 1 heterocycles. The van der Waals surface area contributed by atoms with Crippen molar-refractivity contribution in [3.8, 4) is 6.07 Å². The number of para-hydroxylation sites is 1. The van der Waals surface area contributed by atoms with Gasteiger partial charge in [-0.2, -0.15) is 5.26 Å². The molecule has 0 bridgehead atoms. The van der Waals surface area contributed by atoms with Crippen LogP contribution in [0.4, 0.5) is 0 Å². The standard InChI is InChI=1S/C20H23N3OS/c1-15-12-18(22-17-9-5-4-8-16(15)17)25-13-19(24)23(2)20(14-21)10-6-3-7-11-20/h4-5,8-9,12H,3,6-7,10-11,13H2,1-2H3. The van der Waals surface area contributed by atoms with E-state index in [0.717, 1.165) is 53.6 Å². The van der Waals surface area contributed by atoms with Crippen LogP contribution in [0.5, 0.6) is 0 Å². The third kappa shape index (κ3) is 3.64. The number of nitriles is 1. The topological polar surface area (TPSA) is 57.0 Å². The average Bonchev–Trinajstić information content (AvgIpc) is 2.66. The van der Waals surface area contributed by atoms with Crippen LogP contribution in [-0.2, 0) is 4.79 Å². The number of carbonyl (C=O) groups is 1. The second-order valence-corrected chi connectivity index (χ2v) is 7.74. The van der Waals surface area contributed by atoms with Crippen LogP contribution in [0.3, 0.4) is 0 Å². The molecule has 25 heavy (non-hydrogen) atoms. The minimum absolute atomic E-state index is 0.000983. The molecule has 3 rings (SSSR count). The second kappa shape index (κ2) is 7.45. The van der Waals surface area contributed by atoms with Gasteiger partial charge >= 0.3 is 0 Å². The number of aromatic nitrogens is 1. The van der Waals surface area contributed by atoms with E-state index in [4.69, 9.17) is 0 Å². The summed E-state index contributed by atoms with van der Waals surface area (Å²) in [6.07, 6.45) is 4.75. The number of hydrogen-bond donors (Lipinski definition) is 0. The molecule has 0 aliphatic heterocycles. The fourth-order valence-electron chi connectivity index (χ4n) is 3.52. The Morgan fingerprint density at radius 3 is 2.76 bits per heavy atom. The molecule has 1 aromatic heterocycles. The normalized spacial score (nSPS) is 16.4. The SMILES string of the molecule is Cc1cc(SCC(=O)N(C)C2(C#N)CCCCC2)nc2ccccc12. The van der Waals surface area contributed by atoms with E-state index in [0.29, 0.717) is 5.75 Å². The van der Waals surface area contributed by atoms with E-state index in [1.807, 2.05) is 24.3 Å². The first kappa shape index (κ1) is 17.8. The van der Waals surface area contributed by atoms with Gasteiger partial charge in [0.05, 0.1) is 22.4 Å². The van der Waals surface area contributed by atoms with Gasteiger partial charge in [-0.25, -0.2) is 4.98 Å². The Balaban J connectivity index is 1.71. The van der Waals surface area contributed by atoms with Gasteiger partial charge in [-0.3, -0.25) is 4.79 Å². The van der Waals surface area contributed by atoms with E-state index in [1.54, 1.807) is 11.9 Å². The maximum absolute atomic E-state index is 12.7. The van der Waals surface area contributed by atoms with E-state index < -0.39 is 5.54 Å². The largest absolute Gasteiger partial charge is 0.326 e. The number of pyridine rings is 1. The van der Waals surface area contributed by atoms with Crippen molar-refractivity contribution in [1.82, 2.24) is 9.88 Å². The van der Waals surface area contributed by atoms with Gasteiger partial charge in [0.1, 0.15) is 5.54 Å². The van der Waals surface area contributed by atoms with Crippen molar-refractivity contribution < 1.29 is 4.79 Å². The molecule has 1 fully saturated rings. The van der Waals surface area contributed by atoms with Crippen LogP contribution in [0, 0.1) is 18.3 Å². The molecule has 4 nitrogen and oxygen atoms in total. The molecule has 1 saturated carbocycles. The minimum Gasteiger partial charge on any atom is -0.326 e. The Labute approximate surface area is 153 Å². The zero-order chi connectivity index (χ0) is 17.9. The van der Waals surface area contributed by atoms with Crippen molar-refractivity contribution in [3.63, 3.8) is 0 Å². The molecule has 1 aromatic carbocycles. The van der Waals surface area contributed by atoms with E-state index in [9.17, 15) is 10.1 Å². The summed E-state index contributed by atoms with van der Waals surface area (Å²) in [5.74, 6) is 0.311. The number of rotatable bonds is 4. The van der Waals surface area contributed by atoms with Crippen LogP contribution >= 0.6 is 11.8 Å². The van der Waals surface area contributed by atoms with Crippen LogP contribution < -0.4 is 0 Å². The smallest absolute Gasteiger partial charge is 0.234 e. The molecule has 2 aromatic rings. The zero-order valence-electron chi connectivity index (χ0n) is 14.8. The van der Waals surface area contributed by atoms with Crippen LogP contribution in [0.15, 0.2) is 35.4 Å². The maximum atomic E-state index is 12.7. The van der Waals surface area contributed by atoms with E-state index in [-0.39, 0.29) is 5.91 Å². The first-order chi connectivity index (χ1) is 12.1. The van der Waals surface area contributed by atoms with Gasteiger partial charge < -0.3 is 4.90 Å². The van der Waals surface area contributed by atoms with Crippen LogP contribution in [0.25, 0.3) is 10.9 Å². The number of nitrogens with zero attached hydrogens (tertiary/aromatic N) is 3. The molecule has 0 spiro atoms. The summed E-state index contributed by atoms with van der Waals surface area (Å²) >= 11 is 1.45. The van der Waals surface area contributed by atoms with Crippen LogP contribution in [-0.4, -0.2) is 34.1 Å². The number of hydrogen-bond acceptors (Lipinski definition) is 4. The summed E-state index contributed by atoms with van der Waals surface area (Å²) in [5.41, 5.74) is 1.49. The molecule has 1 aliphatic carbocycles. The summed E-state index contributed by atoms with van der Waals surface area (Å²) < 4.78 is 0. The van der Waals surface area contributed by atoms with Gasteiger partial charge in [-0.1, -0.05) is 49.2 Å². The third-order valence-corrected chi connectivity index (χ3v) is 6.04. The van der Waals surface area contributed by atoms with Gasteiger partial charge in [0.2, 0.25) is 5.91 Å². The Kier molecular flexibility index (Phi) is 5.29. The molecule has 0 atom stereocenters. The Morgan fingerprint density at radius 1 is 1.32 bits per heavy atom. The fourth-order valence-corrected chi connectivity index (χ4v) is 4.41. The Bertz CT molecular complexity index is 821. The Morgan fingerprint density at radius 2 is 2.04 bits per heavy atom. The van der Waals surface area contributed by atoms with Crippen molar-refractivity contribution in [2.24, 2.45) is 0 Å². The molecule has 130 valence electrons. The summed E-state index contributed by atoms with van der Waals surface area (Å²) in [5, 5.41) is 11.6. The number of aryl methyl sites for hydroxylation is 1. The zero-order valence-corrected chi connectivity index (χ0v) is 15.6. The van der Waals surface area contributed by atoms with Gasteiger partial charge in [0, 0.05) is 12.4 Å². The number of thioether (sulfide) groups is 1. The Hall–Kier alpha value is -2.06. The first-order valence-corrected chi connectivity index (χ1v) is 9.71. The molecular formula is C20H23N3OS. The fraction of sp³-hybridized carbons (Fsp3) is 0.450. The maximum Gasteiger partial charge on any atom is 0.234 e. The number of amides is 1. The number of benzene rings is 1. The lowest BCUT2D eigenvalue weighted by Gasteiger charge is -2.39. The molecule has 0 N–H and O–H groups in total. The predicted molar refractivity (Wildman–Crippen MR) is 101 cm³/mol. The lowest BCUT2D eigenvalue weighted by atomic mass is 9.81. The molecule has 0 unspecified atom stereocenters. The highest BCUT2D eigenvalue weighted by Gasteiger charge is 2.38. The predicted octanol–water partition coefficient (Wildman–Crippen LogP) is 4.32. The van der Waals surface area contributed by atoms with Crippen molar-refractivity contribution in [2.45, 2.75) is 49.6 Å². The highest BCUT2D eigenvalue weighted by Crippen LogP contribution is 2.33. The first-order valence-electron chi connectivity index (χ1n) is 8.73. The van der Waals surface area contributed by atoms with Crippen LogP contribution in [0.1, 0.15) is 37.7 Å². The van der Waals surface area contributed by atoms with Crippen molar-refractivity contribution in [1.29, 1.82) is 5.26 Å². The second-order valence-electron chi connectivity index (χ2n) is 6.74. The molecular weight excluding hydrogens is 330 g/mol. The quantitative estimate of drug-likeness (QED) is 0.768. The monoisotopic (exact) mass is 353 g/mol. The van der Waals surface area contributed by atoms with E-state index >= 15 is 0 Å². The molecule has 5 heteroatoms. The third-order valence-electron chi connectivity index (χ3n) is 5.15. The van der Waals surface area contributed by atoms with E-state index in [1.165, 1.54) is 11.8 Å². The van der Waals surface area contributed by atoms with Gasteiger partial charge in [0.15, 0.2) is 0 Å². The molecule has 0 radical (unpaired) electrons.